The summed E-state index contributed by atoms with van der Waals surface area (Å²) in [6, 6.07) is 2.67. The minimum absolute atomic E-state index is 0.220. The van der Waals surface area contributed by atoms with E-state index in [4.69, 9.17) is 9.47 Å². The highest BCUT2D eigenvalue weighted by Crippen LogP contribution is 2.30. The number of amides is 1. The molecule has 11 nitrogen and oxygen atoms in total. The van der Waals surface area contributed by atoms with Gasteiger partial charge < -0.3 is 14.8 Å². The zero-order chi connectivity index (χ0) is 26.1. The molecule has 0 saturated heterocycles. The van der Waals surface area contributed by atoms with Crippen molar-refractivity contribution in [3.05, 3.63) is 52.6 Å². The molecule has 2 N–H and O–H groups in total. The third-order valence-electron chi connectivity index (χ3n) is 5.04. The number of methoxy groups -OCH3 is 1. The summed E-state index contributed by atoms with van der Waals surface area (Å²) in [6.07, 6.45) is 6.33. The lowest BCUT2D eigenvalue weighted by Crippen LogP contribution is -2.30. The number of anilines is 1. The molecule has 0 radical (unpaired) electrons. The van der Waals surface area contributed by atoms with Crippen molar-refractivity contribution < 1.29 is 22.7 Å². The van der Waals surface area contributed by atoms with Crippen LogP contribution in [0.5, 0.6) is 0 Å². The lowest BCUT2D eigenvalue weighted by atomic mass is 10.1. The number of rotatable bonds is 14. The van der Waals surface area contributed by atoms with Gasteiger partial charge in [0.2, 0.25) is 15.9 Å². The smallest absolute Gasteiger partial charge is 0.280 e. The predicted octanol–water partition coefficient (Wildman–Crippen LogP) is 2.95. The highest BCUT2D eigenvalue weighted by molar-refractivity contribution is 7.93. The molecular weight excluding hydrogens is 504 g/mol. The molecule has 1 saturated carbocycles. The van der Waals surface area contributed by atoms with E-state index in [-0.39, 0.29) is 16.1 Å². The molecule has 194 valence electrons. The van der Waals surface area contributed by atoms with Crippen LogP contribution in [0, 0.1) is 0 Å². The normalized spacial score (nSPS) is 15.0. The molecule has 1 aliphatic rings. The van der Waals surface area contributed by atoms with E-state index < -0.39 is 22.0 Å². The second-order valence-electron chi connectivity index (χ2n) is 7.86. The number of thiazole rings is 1. The number of carbonyl (C=O) groups is 1. The Kier molecular flexibility index (Phi) is 9.67. The third kappa shape index (κ3) is 7.67. The summed E-state index contributed by atoms with van der Waals surface area (Å²) in [7, 11) is -0.251. The van der Waals surface area contributed by atoms with Gasteiger partial charge in [0.05, 0.1) is 34.2 Å². The van der Waals surface area contributed by atoms with Gasteiger partial charge in [-0.1, -0.05) is 0 Å². The molecule has 1 atom stereocenters. The van der Waals surface area contributed by atoms with Gasteiger partial charge in [-0.25, -0.2) is 18.4 Å². The van der Waals surface area contributed by atoms with E-state index >= 15 is 0 Å². The summed E-state index contributed by atoms with van der Waals surface area (Å²) in [6.45, 7) is 6.36. The lowest BCUT2D eigenvalue weighted by molar-refractivity contribution is 0.0923. The van der Waals surface area contributed by atoms with Crippen molar-refractivity contribution in [2.24, 2.45) is 9.98 Å². The molecule has 0 aliphatic heterocycles. The number of sulfonamides is 1. The topological polar surface area (TPSA) is 144 Å². The van der Waals surface area contributed by atoms with Crippen LogP contribution in [0.25, 0.3) is 0 Å². The summed E-state index contributed by atoms with van der Waals surface area (Å²) in [5, 5.41) is 2.80. The van der Waals surface area contributed by atoms with Gasteiger partial charge in [-0.2, -0.15) is 0 Å². The summed E-state index contributed by atoms with van der Waals surface area (Å²) in [5.41, 5.74) is 1.37. The van der Waals surface area contributed by atoms with Crippen molar-refractivity contribution in [3.8, 4) is 0 Å². The molecule has 0 bridgehead atoms. The van der Waals surface area contributed by atoms with Crippen molar-refractivity contribution in [3.63, 3.8) is 0 Å². The predicted molar refractivity (Wildman–Crippen MR) is 140 cm³/mol. The van der Waals surface area contributed by atoms with Crippen molar-refractivity contribution in [1.82, 2.24) is 15.3 Å². The number of carbonyl (C=O) groups excluding carboxylic acids is 1. The molecule has 3 rings (SSSR count). The number of hydrogen-bond donors (Lipinski definition) is 2. The second kappa shape index (κ2) is 12.7. The molecule has 1 unspecified atom stereocenters. The molecule has 2 aromatic heterocycles. The first-order valence-corrected chi connectivity index (χ1v) is 13.7. The lowest BCUT2D eigenvalue weighted by Gasteiger charge is -2.18. The third-order valence-corrected chi connectivity index (χ3v) is 7.93. The molecule has 1 fully saturated rings. The average molecular weight is 535 g/mol. The molecule has 2 heterocycles. The van der Waals surface area contributed by atoms with Crippen LogP contribution in [0.2, 0.25) is 0 Å². The molecule has 36 heavy (non-hydrogen) atoms. The molecule has 13 heteroatoms. The van der Waals surface area contributed by atoms with Crippen LogP contribution in [0.1, 0.15) is 52.6 Å². The van der Waals surface area contributed by atoms with Gasteiger partial charge in [0.25, 0.3) is 5.91 Å². The Bertz CT molecular complexity index is 1240. The number of ether oxygens (including phenoxy) is 2. The number of pyridine rings is 1. The van der Waals surface area contributed by atoms with Gasteiger partial charge in [0.1, 0.15) is 5.71 Å². The minimum Gasteiger partial charge on any atom is -0.478 e. The van der Waals surface area contributed by atoms with E-state index in [9.17, 15) is 13.2 Å². The Balaban J connectivity index is 1.78. The van der Waals surface area contributed by atoms with Crippen molar-refractivity contribution in [1.29, 1.82) is 0 Å². The van der Waals surface area contributed by atoms with E-state index in [2.05, 4.69) is 36.6 Å². The van der Waals surface area contributed by atoms with Gasteiger partial charge in [0.15, 0.2) is 5.01 Å². The van der Waals surface area contributed by atoms with E-state index in [0.717, 1.165) is 11.3 Å². The number of nitrogens with zero attached hydrogens (tertiary/aromatic N) is 4. The summed E-state index contributed by atoms with van der Waals surface area (Å²) < 4.78 is 37.7. The molecule has 0 aromatic carbocycles. The van der Waals surface area contributed by atoms with E-state index in [1.165, 1.54) is 12.4 Å². The molecule has 1 aliphatic carbocycles. The summed E-state index contributed by atoms with van der Waals surface area (Å²) in [4.78, 5) is 30.6. The minimum atomic E-state index is -3.42. The van der Waals surface area contributed by atoms with Crippen molar-refractivity contribution in [2.75, 3.05) is 32.1 Å². The summed E-state index contributed by atoms with van der Waals surface area (Å²) in [5.74, 6) is -0.177. The fourth-order valence-electron chi connectivity index (χ4n) is 3.18. The SMILES string of the molecule is C=C(/N=C(\C=N/C)c1cnc(C(=O)NC(CCOC)c2cc(NS(=O)(=O)C3CC3)ccn2)s1)OCC. The Labute approximate surface area is 214 Å². The van der Waals surface area contributed by atoms with Crippen LogP contribution in [0.3, 0.4) is 0 Å². The standard InChI is InChI=1S/C23H30N6O5S2/c1-5-34-15(2)27-20(13-24-3)21-14-26-23(35-21)22(30)28-18(9-11-33-4)19-12-16(8-10-25-19)29-36(31,32)17-6-7-17/h8,10,12-14,17-18H,2,5-7,9,11H2,1,3-4H3,(H,25,29)(H,28,30)/b24-13-,27-20+. The fraction of sp³-hybridized carbons (Fsp3) is 0.435. The van der Waals surface area contributed by atoms with Gasteiger partial charge >= 0.3 is 0 Å². The first-order chi connectivity index (χ1) is 17.3. The van der Waals surface area contributed by atoms with Gasteiger partial charge in [-0.15, -0.1) is 11.3 Å². The first kappa shape index (κ1) is 27.4. The largest absolute Gasteiger partial charge is 0.478 e. The molecule has 1 amide bonds. The highest BCUT2D eigenvalue weighted by Gasteiger charge is 2.35. The zero-order valence-corrected chi connectivity index (χ0v) is 22.1. The Hall–Kier alpha value is -3.16. The van der Waals surface area contributed by atoms with Gasteiger partial charge in [0, 0.05) is 39.4 Å². The number of aliphatic imine (C=N–C) groups is 2. The zero-order valence-electron chi connectivity index (χ0n) is 20.4. The molecule has 0 spiro atoms. The fourth-order valence-corrected chi connectivity index (χ4v) is 5.33. The van der Waals surface area contributed by atoms with Gasteiger partial charge in [-0.05, 0) is 44.9 Å². The molecule has 2 aromatic rings. The van der Waals surface area contributed by atoms with Crippen molar-refractivity contribution >= 4 is 44.9 Å². The monoisotopic (exact) mass is 534 g/mol. The maximum absolute atomic E-state index is 13.1. The number of aromatic nitrogens is 2. The molecular formula is C23H30N6O5S2. The first-order valence-electron chi connectivity index (χ1n) is 11.3. The van der Waals surface area contributed by atoms with Gasteiger partial charge in [-0.3, -0.25) is 19.5 Å². The van der Waals surface area contributed by atoms with E-state index in [1.54, 1.807) is 32.5 Å². The van der Waals surface area contributed by atoms with Crippen LogP contribution in [0.15, 0.2) is 47.0 Å². The summed E-state index contributed by atoms with van der Waals surface area (Å²) >= 11 is 1.15. The second-order valence-corrected chi connectivity index (χ2v) is 10.9. The quantitative estimate of drug-likeness (QED) is 0.280. The maximum Gasteiger partial charge on any atom is 0.280 e. The average Bonchev–Trinajstić information content (AvgIpc) is 3.59. The van der Waals surface area contributed by atoms with Crippen LogP contribution in [-0.2, 0) is 19.5 Å². The Morgan fingerprint density at radius 1 is 1.39 bits per heavy atom. The Morgan fingerprint density at radius 2 is 2.17 bits per heavy atom. The highest BCUT2D eigenvalue weighted by atomic mass is 32.2. The van der Waals surface area contributed by atoms with Crippen LogP contribution < -0.4 is 10.0 Å². The van der Waals surface area contributed by atoms with Crippen LogP contribution >= 0.6 is 11.3 Å². The van der Waals surface area contributed by atoms with E-state index in [1.807, 2.05) is 6.92 Å². The number of nitrogens with one attached hydrogen (secondary N) is 2. The number of hydrogen-bond acceptors (Lipinski definition) is 10. The van der Waals surface area contributed by atoms with Crippen LogP contribution in [0.4, 0.5) is 5.69 Å². The maximum atomic E-state index is 13.1. The Morgan fingerprint density at radius 3 is 2.83 bits per heavy atom. The van der Waals surface area contributed by atoms with E-state index in [0.29, 0.717) is 54.4 Å². The van der Waals surface area contributed by atoms with Crippen molar-refractivity contribution in [2.45, 2.75) is 37.5 Å². The van der Waals surface area contributed by atoms with Crippen LogP contribution in [-0.4, -0.2) is 68.8 Å².